The fourth-order valence-corrected chi connectivity index (χ4v) is 7.59. The van der Waals surface area contributed by atoms with Crippen LogP contribution in [0.25, 0.3) is 0 Å². The highest BCUT2D eigenvalue weighted by Crippen LogP contribution is 2.18. The Morgan fingerprint density at radius 2 is 0.891 bits per heavy atom. The van der Waals surface area contributed by atoms with Crippen molar-refractivity contribution in [2.75, 3.05) is 6.61 Å². The summed E-state index contributed by atoms with van der Waals surface area (Å²) in [6, 6.07) is -0.698. The third kappa shape index (κ3) is 39.2. The van der Waals surface area contributed by atoms with Crippen molar-refractivity contribution in [3.63, 3.8) is 0 Å². The number of ether oxygens (including phenoxy) is 1. The number of carbonyl (C=O) groups is 2. The zero-order chi connectivity index (χ0) is 40.3. The van der Waals surface area contributed by atoms with E-state index in [0.29, 0.717) is 19.3 Å². The van der Waals surface area contributed by atoms with Crippen molar-refractivity contribution in [3.8, 4) is 0 Å². The lowest BCUT2D eigenvalue weighted by Gasteiger charge is -2.24. The number of unbranched alkanes of at least 4 members (excludes halogenated alkanes) is 30. The molecule has 0 saturated carbocycles. The van der Waals surface area contributed by atoms with E-state index < -0.39 is 18.2 Å². The first-order chi connectivity index (χ1) is 27.0. The van der Waals surface area contributed by atoms with Crippen molar-refractivity contribution in [2.45, 2.75) is 283 Å². The smallest absolute Gasteiger partial charge is 0.306 e. The van der Waals surface area contributed by atoms with Gasteiger partial charge in [0.2, 0.25) is 5.91 Å². The van der Waals surface area contributed by atoms with E-state index >= 15 is 0 Å². The topological polar surface area (TPSA) is 95.9 Å². The Morgan fingerprint density at radius 1 is 0.509 bits per heavy atom. The quantitative estimate of drug-likeness (QED) is 0.0325. The van der Waals surface area contributed by atoms with Gasteiger partial charge in [-0.05, 0) is 44.9 Å². The van der Waals surface area contributed by atoms with Gasteiger partial charge in [0.25, 0.3) is 0 Å². The number of nitrogens with one attached hydrogen (secondary N) is 1. The molecular weight excluding hydrogens is 683 g/mol. The van der Waals surface area contributed by atoms with Crippen molar-refractivity contribution in [3.05, 3.63) is 12.2 Å². The summed E-state index contributed by atoms with van der Waals surface area (Å²) in [5.41, 5.74) is 0. The van der Waals surface area contributed by atoms with Crippen LogP contribution in [0.4, 0.5) is 0 Å². The molecule has 1 amide bonds. The van der Waals surface area contributed by atoms with Crippen LogP contribution in [-0.2, 0) is 14.3 Å². The van der Waals surface area contributed by atoms with Crippen molar-refractivity contribution in [2.24, 2.45) is 0 Å². The zero-order valence-corrected chi connectivity index (χ0v) is 37.1. The lowest BCUT2D eigenvalue weighted by molar-refractivity contribution is -0.151. The van der Waals surface area contributed by atoms with Crippen LogP contribution < -0.4 is 5.32 Å². The highest BCUT2D eigenvalue weighted by atomic mass is 16.5. The summed E-state index contributed by atoms with van der Waals surface area (Å²) < 4.78 is 5.89. The molecule has 55 heavy (non-hydrogen) atoms. The molecule has 6 heteroatoms. The first-order valence-corrected chi connectivity index (χ1v) is 24.4. The summed E-state index contributed by atoms with van der Waals surface area (Å²) >= 11 is 0. The largest absolute Gasteiger partial charge is 0.462 e. The molecule has 0 rings (SSSR count). The number of aliphatic hydroxyl groups excluding tert-OH is 2. The number of hydrogen-bond acceptors (Lipinski definition) is 5. The Labute approximate surface area is 342 Å². The lowest BCUT2D eigenvalue weighted by atomic mass is 10.0. The number of aliphatic hydroxyl groups is 2. The fraction of sp³-hybridized carbons (Fsp3) is 0.918. The third-order valence-electron chi connectivity index (χ3n) is 11.3. The molecule has 3 N–H and O–H groups in total. The summed E-state index contributed by atoms with van der Waals surface area (Å²) in [5, 5.41) is 23.7. The molecular formula is C49H95NO5. The Kier molecular flexibility index (Phi) is 42.6. The molecule has 0 aromatic heterocycles. The Balaban J connectivity index is 4.46. The number of esters is 1. The highest BCUT2D eigenvalue weighted by Gasteiger charge is 2.24. The second-order valence-corrected chi connectivity index (χ2v) is 16.9. The van der Waals surface area contributed by atoms with Gasteiger partial charge in [0.05, 0.1) is 25.2 Å². The number of hydrogen-bond donors (Lipinski definition) is 3. The van der Waals surface area contributed by atoms with Crippen LogP contribution in [0.5, 0.6) is 0 Å². The van der Waals surface area contributed by atoms with Crippen LogP contribution in [0.1, 0.15) is 265 Å². The maximum Gasteiger partial charge on any atom is 0.306 e. The molecule has 6 nitrogen and oxygen atoms in total. The Hall–Kier alpha value is -1.40. The number of carbonyl (C=O) groups excluding carboxylic acids is 2. The predicted octanol–water partition coefficient (Wildman–Crippen LogP) is 14.2. The molecule has 0 aromatic rings. The molecule has 0 bridgehead atoms. The maximum absolute atomic E-state index is 13.1. The monoisotopic (exact) mass is 778 g/mol. The second kappa shape index (κ2) is 43.7. The van der Waals surface area contributed by atoms with Gasteiger partial charge < -0.3 is 20.3 Å². The van der Waals surface area contributed by atoms with Gasteiger partial charge in [0, 0.05) is 6.42 Å². The molecule has 326 valence electrons. The van der Waals surface area contributed by atoms with E-state index in [2.05, 4.69) is 38.2 Å². The molecule has 0 aromatic carbocycles. The van der Waals surface area contributed by atoms with Crippen LogP contribution in [-0.4, -0.2) is 46.9 Å². The molecule has 0 saturated heterocycles. The third-order valence-corrected chi connectivity index (χ3v) is 11.3. The van der Waals surface area contributed by atoms with Gasteiger partial charge in [-0.2, -0.15) is 0 Å². The average molecular weight is 778 g/mol. The molecule has 0 radical (unpaired) electrons. The van der Waals surface area contributed by atoms with E-state index in [-0.39, 0.29) is 24.9 Å². The number of amides is 1. The van der Waals surface area contributed by atoms with Crippen LogP contribution in [0.15, 0.2) is 12.2 Å². The van der Waals surface area contributed by atoms with Gasteiger partial charge in [-0.15, -0.1) is 0 Å². The summed E-state index contributed by atoms with van der Waals surface area (Å²) in [6.07, 6.45) is 47.0. The minimum absolute atomic E-state index is 0.0728. The number of rotatable bonds is 44. The van der Waals surface area contributed by atoms with Gasteiger partial charge >= 0.3 is 5.97 Å². The number of allylic oxidation sites excluding steroid dienone is 2. The van der Waals surface area contributed by atoms with Crippen molar-refractivity contribution in [1.82, 2.24) is 5.32 Å². The SMILES string of the molecule is CCCC/C=C\CCCCCC(CC(=O)NC(CO)C(O)CCCCCCCCCCCCCCCC)OC(=O)CCCCCCCCCCCCCCC. The van der Waals surface area contributed by atoms with Crippen LogP contribution >= 0.6 is 0 Å². The van der Waals surface area contributed by atoms with E-state index in [9.17, 15) is 19.8 Å². The van der Waals surface area contributed by atoms with E-state index in [4.69, 9.17) is 4.74 Å². The van der Waals surface area contributed by atoms with Crippen LogP contribution in [0.3, 0.4) is 0 Å². The summed E-state index contributed by atoms with van der Waals surface area (Å²) in [4.78, 5) is 26.0. The fourth-order valence-electron chi connectivity index (χ4n) is 7.59. The molecule has 3 unspecified atom stereocenters. The van der Waals surface area contributed by atoms with Crippen molar-refractivity contribution < 1.29 is 24.5 Å². The summed E-state index contributed by atoms with van der Waals surface area (Å²) in [7, 11) is 0. The van der Waals surface area contributed by atoms with E-state index in [1.54, 1.807) is 0 Å². The maximum atomic E-state index is 13.1. The van der Waals surface area contributed by atoms with Gasteiger partial charge in [0.1, 0.15) is 6.10 Å². The van der Waals surface area contributed by atoms with Gasteiger partial charge in [-0.25, -0.2) is 0 Å². The van der Waals surface area contributed by atoms with Gasteiger partial charge in [0.15, 0.2) is 0 Å². The molecule has 0 aliphatic carbocycles. The molecule has 0 fully saturated rings. The van der Waals surface area contributed by atoms with Crippen LogP contribution in [0.2, 0.25) is 0 Å². The minimum Gasteiger partial charge on any atom is -0.462 e. The van der Waals surface area contributed by atoms with Gasteiger partial charge in [-0.1, -0.05) is 219 Å². The second-order valence-electron chi connectivity index (χ2n) is 16.9. The molecule has 3 atom stereocenters. The molecule has 0 spiro atoms. The lowest BCUT2D eigenvalue weighted by Crippen LogP contribution is -2.46. The summed E-state index contributed by atoms with van der Waals surface area (Å²) in [5.74, 6) is -0.479. The van der Waals surface area contributed by atoms with Crippen LogP contribution in [0, 0.1) is 0 Å². The normalized spacial score (nSPS) is 13.3. The molecule has 0 aliphatic heterocycles. The molecule has 0 heterocycles. The highest BCUT2D eigenvalue weighted by molar-refractivity contribution is 5.77. The predicted molar refractivity (Wildman–Crippen MR) is 237 cm³/mol. The Bertz CT molecular complexity index is 832. The first-order valence-electron chi connectivity index (χ1n) is 24.4. The minimum atomic E-state index is -0.784. The van der Waals surface area contributed by atoms with E-state index in [0.717, 1.165) is 64.2 Å². The zero-order valence-electron chi connectivity index (χ0n) is 37.1. The van der Waals surface area contributed by atoms with Gasteiger partial charge in [-0.3, -0.25) is 9.59 Å². The van der Waals surface area contributed by atoms with Crippen molar-refractivity contribution in [1.29, 1.82) is 0 Å². The first kappa shape index (κ1) is 53.6. The van der Waals surface area contributed by atoms with E-state index in [1.165, 1.54) is 154 Å². The van der Waals surface area contributed by atoms with Crippen molar-refractivity contribution >= 4 is 11.9 Å². The standard InChI is InChI=1S/C49H95NO5/c1-4-7-10-13-16-19-21-23-25-26-29-32-35-38-41-47(52)46(44-51)50-48(53)43-45(40-37-34-31-28-18-15-12-9-6-3)55-49(54)42-39-36-33-30-27-24-22-20-17-14-11-8-5-2/h15,18,45-47,51-52H,4-14,16-17,19-44H2,1-3H3,(H,50,53)/b18-15-. The molecule has 0 aliphatic rings. The average Bonchev–Trinajstić information content (AvgIpc) is 3.18. The summed E-state index contributed by atoms with van der Waals surface area (Å²) in [6.45, 7) is 6.44. The van der Waals surface area contributed by atoms with E-state index in [1.807, 2.05) is 0 Å². The Morgan fingerprint density at radius 3 is 1.35 bits per heavy atom.